The lowest BCUT2D eigenvalue weighted by atomic mass is 9.95. The zero-order chi connectivity index (χ0) is 90.5. The number of hydrogen-bond acceptors (Lipinski definition) is 27. The number of imide groups is 6. The summed E-state index contributed by atoms with van der Waals surface area (Å²) in [6, 6.07) is 22.6. The number of nitrogens with two attached hydrogens (primary N) is 1. The molecule has 7 N–H and O–H groups in total. The number of benzene rings is 5. The van der Waals surface area contributed by atoms with Crippen LogP contribution in [0.1, 0.15) is 133 Å². The van der Waals surface area contributed by atoms with Gasteiger partial charge < -0.3 is 49.1 Å². The van der Waals surface area contributed by atoms with Crippen LogP contribution < -0.4 is 57.1 Å². The van der Waals surface area contributed by atoms with Crippen LogP contribution in [-0.4, -0.2) is 237 Å². The molecule has 0 saturated carbocycles. The number of fused-ring (bicyclic) bond motifs is 5. The minimum atomic E-state index is -1.07. The average molecular weight is 1760 g/mol. The number of nitrogens with one attached hydrogen (secondary N) is 4. The summed E-state index contributed by atoms with van der Waals surface area (Å²) >= 11 is 0. The van der Waals surface area contributed by atoms with Gasteiger partial charge in [0.2, 0.25) is 41.4 Å². The van der Waals surface area contributed by atoms with Crippen LogP contribution in [0.3, 0.4) is 0 Å². The topological polar surface area (TPSA) is 477 Å². The van der Waals surface area contributed by atoms with Gasteiger partial charge in [0.05, 0.1) is 95.6 Å². The summed E-state index contributed by atoms with van der Waals surface area (Å²) in [4.78, 5) is 224. The fraction of sp³-hybridized carbons (Fsp3) is 0.315. The largest absolute Gasteiger partial charge is 0.496 e. The molecule has 0 bridgehead atoms. The maximum Gasteiger partial charge on any atom is 0.309 e. The van der Waals surface area contributed by atoms with Gasteiger partial charge in [-0.3, -0.25) is 132 Å². The number of amides is 13. The van der Waals surface area contributed by atoms with Gasteiger partial charge in [0, 0.05) is 147 Å². The Morgan fingerprint density at radius 2 is 0.866 bits per heavy atom. The van der Waals surface area contributed by atoms with Gasteiger partial charge in [-0.2, -0.15) is 0 Å². The van der Waals surface area contributed by atoms with Crippen molar-refractivity contribution in [3.05, 3.63) is 210 Å². The molecule has 5 saturated heterocycles. The minimum Gasteiger partial charge on any atom is -0.496 e. The number of rotatable bonds is 20. The van der Waals surface area contributed by atoms with Crippen LogP contribution in [0.4, 0.5) is 0 Å². The van der Waals surface area contributed by atoms with Crippen LogP contribution in [0.25, 0.3) is 43.8 Å². The van der Waals surface area contributed by atoms with Crippen molar-refractivity contribution in [2.75, 3.05) is 75.8 Å². The van der Waals surface area contributed by atoms with E-state index >= 15 is 0 Å². The van der Waals surface area contributed by atoms with Crippen LogP contribution in [0.15, 0.2) is 138 Å². The molecule has 127 heavy (non-hydrogen) atoms. The lowest BCUT2D eigenvalue weighted by Gasteiger charge is -2.40. The molecular weight excluding hydrogens is 1670 g/mol. The zero-order valence-corrected chi connectivity index (χ0v) is 71.3. The summed E-state index contributed by atoms with van der Waals surface area (Å²) in [6.07, 6.45) is 11.1. The highest BCUT2D eigenvalue weighted by Gasteiger charge is 2.49. The minimum absolute atomic E-state index is 0. The summed E-state index contributed by atoms with van der Waals surface area (Å²) in [7, 11) is 14.7. The number of aryl methyl sites for hydroxylation is 2. The maximum absolute atomic E-state index is 13.5. The Balaban J connectivity index is 0.000000164. The molecule has 5 aromatic carbocycles. The van der Waals surface area contributed by atoms with Crippen molar-refractivity contribution in [3.8, 4) is 45.3 Å². The normalized spacial score (nSPS) is 17.8. The van der Waals surface area contributed by atoms with E-state index in [1.807, 2.05) is 41.3 Å². The number of hydrogen-bond donors (Lipinski definition) is 6. The second-order valence-corrected chi connectivity index (χ2v) is 30.7. The number of piperidine rings is 3. The van der Waals surface area contributed by atoms with E-state index in [1.165, 1.54) is 40.4 Å². The Morgan fingerprint density at radius 3 is 1.24 bits per heavy atom. The first-order valence-corrected chi connectivity index (χ1v) is 40.0. The van der Waals surface area contributed by atoms with E-state index in [-0.39, 0.29) is 120 Å². The molecule has 660 valence electrons. The van der Waals surface area contributed by atoms with E-state index in [1.54, 1.807) is 129 Å². The number of carboxylic acid groups (broad SMARTS) is 1. The van der Waals surface area contributed by atoms with Crippen LogP contribution in [-0.2, 0) is 78.6 Å². The third-order valence-electron chi connectivity index (χ3n) is 23.1. The molecule has 0 radical (unpaired) electrons. The quantitative estimate of drug-likeness (QED) is 0.0464. The standard InChI is InChI=1S/C37H36N6O8.C22H23N3O5.C15H15N3O4.C14H10N2O5.CH5N.ClH/c1-40(15-20-6-5-7-24-32(20)37(49)43(36(24)48)28-8-9-31(44)39-33(28)45)34(46)22-16-42(17-22)19-27-29(50-3)12-21(13-30(27)51-4)26-18-41(2)35(47)25-14-38-11-10-23(25)26;1-24-11-17(15-4-5-23-8-16(15)21(24)26)13-6-19(29-2)18(20(7-13)30-3)12-25-9-14(10-25)22(27)28;1-16-7-8-3-2-4-9-12(8)15(22)18(14(9)21)10-5-6-11(19)17-13(10)20;17-6-7-2-1-3-8-11(7)14(21)16(13(8)20)9-4-5-10(18)15-12(9)19;1-2;/h5-7,10-14,18,22,28H,8-9,15-17,19H2,1-4H3,(H,39,44,45);4-8,11,14H,9-10,12H2,1-3H3,(H,27,28);2-4,10,16H,5-7H2,1H3,(H,17,19,20);1-3,6,9H,4-5H2,(H,15,18,19);2H2,1H3;1H. The maximum atomic E-state index is 13.5. The molecule has 3 unspecified atom stereocenters. The Kier molecular flexibility index (Phi) is 28.0. The van der Waals surface area contributed by atoms with Gasteiger partial charge in [-0.25, -0.2) is 0 Å². The predicted octanol–water partition coefficient (Wildman–Crippen LogP) is 3.95. The first-order valence-electron chi connectivity index (χ1n) is 40.0. The molecule has 3 atom stereocenters. The highest BCUT2D eigenvalue weighted by Crippen LogP contribution is 2.42. The van der Waals surface area contributed by atoms with E-state index in [4.69, 9.17) is 24.1 Å². The second-order valence-electron chi connectivity index (χ2n) is 30.7. The first kappa shape index (κ1) is 91.8. The van der Waals surface area contributed by atoms with E-state index in [2.05, 4.69) is 41.9 Å². The third-order valence-corrected chi connectivity index (χ3v) is 23.1. The molecule has 0 aliphatic carbocycles. The van der Waals surface area contributed by atoms with Gasteiger partial charge >= 0.3 is 5.97 Å². The van der Waals surface area contributed by atoms with Crippen molar-refractivity contribution in [3.63, 3.8) is 0 Å². The third kappa shape index (κ3) is 17.9. The lowest BCUT2D eigenvalue weighted by molar-refractivity contribution is -0.148. The Labute approximate surface area is 730 Å². The molecule has 8 aliphatic heterocycles. The number of likely N-dealkylation sites (tertiary alicyclic amines) is 2. The summed E-state index contributed by atoms with van der Waals surface area (Å²) in [5.41, 5.74) is 11.7. The van der Waals surface area contributed by atoms with Gasteiger partial charge in [0.15, 0.2) is 6.29 Å². The predicted molar refractivity (Wildman–Crippen MR) is 458 cm³/mol. The summed E-state index contributed by atoms with van der Waals surface area (Å²) in [5, 5.41) is 21.2. The van der Waals surface area contributed by atoms with Crippen molar-refractivity contribution in [1.82, 2.24) is 69.8 Å². The number of aliphatic carboxylic acids is 1. The number of pyridine rings is 4. The summed E-state index contributed by atoms with van der Waals surface area (Å²) < 4.78 is 26.0. The second kappa shape index (κ2) is 38.8. The summed E-state index contributed by atoms with van der Waals surface area (Å²) in [6.45, 7) is 3.53. The fourth-order valence-corrected chi connectivity index (χ4v) is 16.8. The molecule has 13 amide bonds. The van der Waals surface area contributed by atoms with Crippen molar-refractivity contribution in [1.29, 1.82) is 0 Å². The number of aromatic nitrogens is 4. The van der Waals surface area contributed by atoms with Crippen molar-refractivity contribution >= 4 is 123 Å². The van der Waals surface area contributed by atoms with Crippen molar-refractivity contribution in [2.24, 2.45) is 31.7 Å². The number of carbonyl (C=O) groups excluding carboxylic acids is 14. The monoisotopic (exact) mass is 1760 g/mol. The first-order chi connectivity index (χ1) is 60.5. The average Bonchev–Trinajstić information content (AvgIpc) is 1.70. The van der Waals surface area contributed by atoms with Gasteiger partial charge in [-0.05, 0) is 121 Å². The number of nitrogens with zero attached hydrogens (tertiary/aromatic N) is 10. The molecule has 38 heteroatoms. The molecule has 8 aliphatic rings. The number of carbonyl (C=O) groups is 15. The highest BCUT2D eigenvalue weighted by atomic mass is 35.5. The zero-order valence-electron chi connectivity index (χ0n) is 70.5. The molecule has 12 heterocycles. The molecule has 37 nitrogen and oxygen atoms in total. The Morgan fingerprint density at radius 1 is 0.504 bits per heavy atom. The van der Waals surface area contributed by atoms with Crippen LogP contribution >= 0.6 is 12.4 Å². The van der Waals surface area contributed by atoms with Crippen LogP contribution in [0, 0.1) is 11.8 Å². The molecule has 0 spiro atoms. The van der Waals surface area contributed by atoms with Crippen molar-refractivity contribution in [2.45, 2.75) is 82.8 Å². The van der Waals surface area contributed by atoms with Gasteiger partial charge in [-0.1, -0.05) is 36.4 Å². The van der Waals surface area contributed by atoms with Crippen molar-refractivity contribution < 1.29 is 96.0 Å². The number of carboxylic acids is 1. The SMILES string of the molecule is CN.CNCc1cccc2c1C(=O)N(C1CCC(=O)NC1=O)C2=O.COc1cc(-c2cn(C)c(=O)c3cnccc23)cc(OC)c1CN1CC(C(=O)N(C)Cc2cccc3c2C(=O)N(C2CCC(=O)NC2=O)C3=O)C1.COc1cc(-c2cn(C)c(=O)c3cnccc23)cc(OC)c1CN1CC(C(=O)O)C1.Cl.O=Cc1cccc2c1C(=O)N(C1CCC(=O)NC1=O)C2=O. The van der Waals surface area contributed by atoms with Crippen LogP contribution in [0.5, 0.6) is 23.0 Å². The lowest BCUT2D eigenvalue weighted by Crippen LogP contribution is -2.54. The summed E-state index contributed by atoms with van der Waals surface area (Å²) in [5.74, 6) is -5.60. The van der Waals surface area contributed by atoms with Gasteiger partial charge in [-0.15, -0.1) is 12.4 Å². The molecular formula is C89H90ClN15O22. The Bertz CT molecular complexity index is 6150. The van der Waals surface area contributed by atoms with Gasteiger partial charge in [0.1, 0.15) is 41.1 Å². The number of halogens is 1. The highest BCUT2D eigenvalue weighted by molar-refractivity contribution is 6.27. The van der Waals surface area contributed by atoms with Crippen LogP contribution in [0.2, 0.25) is 0 Å². The van der Waals surface area contributed by atoms with E-state index in [0.717, 1.165) is 58.9 Å². The number of methoxy groups -OCH3 is 4. The molecule has 4 aromatic heterocycles. The van der Waals surface area contributed by atoms with E-state index in [0.29, 0.717) is 108 Å². The molecule has 5 fully saturated rings. The molecule has 17 rings (SSSR count). The fourth-order valence-electron chi connectivity index (χ4n) is 16.8. The van der Waals surface area contributed by atoms with Gasteiger partial charge in [0.25, 0.3) is 46.6 Å². The number of aldehydes is 1. The molecule has 9 aromatic rings. The number of ether oxygens (including phenoxy) is 4. The van der Waals surface area contributed by atoms with E-state index in [9.17, 15) is 81.5 Å². The van der Waals surface area contributed by atoms with E-state index < -0.39 is 89.1 Å². The smallest absolute Gasteiger partial charge is 0.309 e. The Hall–Kier alpha value is -14.4.